The molecule has 0 spiro atoms. The summed E-state index contributed by atoms with van der Waals surface area (Å²) in [6.07, 6.45) is 3.26. The summed E-state index contributed by atoms with van der Waals surface area (Å²) in [5.41, 5.74) is -0.242. The first-order valence-corrected chi connectivity index (χ1v) is 6.13. The third-order valence-electron chi connectivity index (χ3n) is 1.86. The van der Waals surface area contributed by atoms with E-state index in [2.05, 4.69) is 36.5 Å². The van der Waals surface area contributed by atoms with E-state index in [1.165, 1.54) is 0 Å². The quantitative estimate of drug-likeness (QED) is 0.895. The molecule has 0 saturated carbocycles. The van der Waals surface area contributed by atoms with Crippen LogP contribution in [0.2, 0.25) is 0 Å². The summed E-state index contributed by atoms with van der Waals surface area (Å²) in [7, 11) is 0. The molecular weight excluding hydrogens is 284 g/mol. The largest absolute Gasteiger partial charge is 0.350 e. The number of carbonyl (C=O) groups excluding carboxylic acids is 1. The highest BCUT2D eigenvalue weighted by atomic mass is 79.9. The van der Waals surface area contributed by atoms with Gasteiger partial charge in [-0.2, -0.15) is 0 Å². The van der Waals surface area contributed by atoms with E-state index in [-0.39, 0.29) is 17.5 Å². The van der Waals surface area contributed by atoms with Crippen LogP contribution in [0.15, 0.2) is 16.9 Å². The Hall–Kier alpha value is -1.17. The maximum absolute atomic E-state index is 11.8. The monoisotopic (exact) mass is 300 g/mol. The Bertz CT molecular complexity index is 385. The Kier molecular flexibility index (Phi) is 4.45. The average molecular weight is 301 g/mol. The van der Waals surface area contributed by atoms with Crippen molar-refractivity contribution >= 4 is 27.8 Å². The van der Waals surface area contributed by atoms with Gasteiger partial charge in [0.1, 0.15) is 6.04 Å². The zero-order valence-corrected chi connectivity index (χ0v) is 12.0. The molecule has 1 heterocycles. The number of halogens is 1. The molecule has 1 unspecified atom stereocenters. The summed E-state index contributed by atoms with van der Waals surface area (Å²) in [6.45, 7) is 7.59. The van der Waals surface area contributed by atoms with Gasteiger partial charge in [-0.1, -0.05) is 0 Å². The number of carbonyl (C=O) groups is 1. The van der Waals surface area contributed by atoms with E-state index in [1.54, 1.807) is 19.3 Å². The Balaban J connectivity index is 2.57. The third-order valence-corrected chi connectivity index (χ3v) is 2.27. The van der Waals surface area contributed by atoms with E-state index in [1.807, 2.05) is 20.8 Å². The van der Waals surface area contributed by atoms with Gasteiger partial charge in [-0.15, -0.1) is 0 Å². The molecule has 0 radical (unpaired) electrons. The molecule has 0 bridgehead atoms. The Labute approximate surface area is 110 Å². The number of rotatable bonds is 3. The number of aromatic nitrogens is 2. The summed E-state index contributed by atoms with van der Waals surface area (Å²) in [6, 6.07) is -0.379. The molecule has 94 valence electrons. The van der Waals surface area contributed by atoms with Crippen molar-refractivity contribution in [2.45, 2.75) is 39.3 Å². The van der Waals surface area contributed by atoms with Gasteiger partial charge in [0.15, 0.2) is 0 Å². The summed E-state index contributed by atoms with van der Waals surface area (Å²) in [5.74, 6) is 0.355. The van der Waals surface area contributed by atoms with E-state index in [0.29, 0.717) is 5.95 Å². The van der Waals surface area contributed by atoms with Crippen LogP contribution in [0.5, 0.6) is 0 Å². The molecule has 0 fully saturated rings. The van der Waals surface area contributed by atoms with Crippen LogP contribution < -0.4 is 10.6 Å². The normalized spacial score (nSPS) is 13.0. The first kappa shape index (κ1) is 13.9. The predicted octanol–water partition coefficient (Wildman–Crippen LogP) is 1.95. The summed E-state index contributed by atoms with van der Waals surface area (Å²) in [4.78, 5) is 19.9. The molecule has 17 heavy (non-hydrogen) atoms. The van der Waals surface area contributed by atoms with Gasteiger partial charge in [-0.3, -0.25) is 4.79 Å². The van der Waals surface area contributed by atoms with Crippen molar-refractivity contribution in [3.8, 4) is 0 Å². The fraction of sp³-hybridized carbons (Fsp3) is 0.545. The molecule has 0 aliphatic heterocycles. The van der Waals surface area contributed by atoms with Crippen LogP contribution in [0.3, 0.4) is 0 Å². The third kappa shape index (κ3) is 5.12. The van der Waals surface area contributed by atoms with Gasteiger partial charge in [0, 0.05) is 17.9 Å². The zero-order chi connectivity index (χ0) is 13.1. The van der Waals surface area contributed by atoms with Crippen LogP contribution in [0.1, 0.15) is 27.7 Å². The van der Waals surface area contributed by atoms with Gasteiger partial charge >= 0.3 is 0 Å². The average Bonchev–Trinajstić information content (AvgIpc) is 2.19. The number of anilines is 1. The highest BCUT2D eigenvalue weighted by Crippen LogP contribution is 2.08. The van der Waals surface area contributed by atoms with E-state index < -0.39 is 0 Å². The highest BCUT2D eigenvalue weighted by molar-refractivity contribution is 9.10. The Morgan fingerprint density at radius 2 is 1.88 bits per heavy atom. The van der Waals surface area contributed by atoms with Gasteiger partial charge in [0.2, 0.25) is 11.9 Å². The first-order valence-electron chi connectivity index (χ1n) is 5.34. The van der Waals surface area contributed by atoms with Crippen LogP contribution in [-0.4, -0.2) is 27.5 Å². The summed E-state index contributed by atoms with van der Waals surface area (Å²) < 4.78 is 0.801. The summed E-state index contributed by atoms with van der Waals surface area (Å²) in [5, 5.41) is 5.82. The molecule has 0 aliphatic carbocycles. The molecule has 5 nitrogen and oxygen atoms in total. The minimum atomic E-state index is -0.379. The van der Waals surface area contributed by atoms with Gasteiger partial charge < -0.3 is 10.6 Å². The number of amides is 1. The maximum Gasteiger partial charge on any atom is 0.242 e. The van der Waals surface area contributed by atoms with Gasteiger partial charge in [0.25, 0.3) is 0 Å². The highest BCUT2D eigenvalue weighted by Gasteiger charge is 2.19. The number of nitrogens with zero attached hydrogens (tertiary/aromatic N) is 2. The number of nitrogens with one attached hydrogen (secondary N) is 2. The maximum atomic E-state index is 11.8. The molecule has 2 N–H and O–H groups in total. The number of hydrogen-bond acceptors (Lipinski definition) is 4. The van der Waals surface area contributed by atoms with Crippen molar-refractivity contribution in [3.63, 3.8) is 0 Å². The first-order chi connectivity index (χ1) is 7.78. The van der Waals surface area contributed by atoms with Crippen LogP contribution in [0.4, 0.5) is 5.95 Å². The predicted molar refractivity (Wildman–Crippen MR) is 70.7 cm³/mol. The second-order valence-corrected chi connectivity index (χ2v) is 5.75. The van der Waals surface area contributed by atoms with Crippen LogP contribution in [0.25, 0.3) is 0 Å². The molecular formula is C11H17BrN4O. The van der Waals surface area contributed by atoms with Crippen molar-refractivity contribution in [3.05, 3.63) is 16.9 Å². The fourth-order valence-corrected chi connectivity index (χ4v) is 1.33. The van der Waals surface area contributed by atoms with E-state index in [4.69, 9.17) is 0 Å². The number of hydrogen-bond donors (Lipinski definition) is 2. The van der Waals surface area contributed by atoms with Gasteiger partial charge in [0.05, 0.1) is 4.47 Å². The zero-order valence-electron chi connectivity index (χ0n) is 10.4. The molecule has 0 saturated heterocycles. The van der Waals surface area contributed by atoms with Crippen LogP contribution in [0, 0.1) is 0 Å². The fourth-order valence-electron chi connectivity index (χ4n) is 1.12. The van der Waals surface area contributed by atoms with E-state index >= 15 is 0 Å². The molecule has 1 amide bonds. The summed E-state index contributed by atoms with van der Waals surface area (Å²) >= 11 is 3.25. The molecule has 0 aliphatic rings. The Morgan fingerprint density at radius 1 is 1.35 bits per heavy atom. The molecule has 6 heteroatoms. The lowest BCUT2D eigenvalue weighted by Crippen LogP contribution is -2.47. The topological polar surface area (TPSA) is 66.9 Å². The van der Waals surface area contributed by atoms with Crippen LogP contribution in [-0.2, 0) is 4.79 Å². The smallest absolute Gasteiger partial charge is 0.242 e. The minimum absolute atomic E-state index is 0.0796. The lowest BCUT2D eigenvalue weighted by atomic mass is 10.1. The molecule has 1 aromatic heterocycles. The van der Waals surface area contributed by atoms with Crippen molar-refractivity contribution in [2.24, 2.45) is 0 Å². The van der Waals surface area contributed by atoms with Crippen molar-refractivity contribution in [1.29, 1.82) is 0 Å². The Morgan fingerprint density at radius 3 is 2.35 bits per heavy atom. The van der Waals surface area contributed by atoms with Crippen molar-refractivity contribution in [2.75, 3.05) is 5.32 Å². The molecule has 0 aromatic carbocycles. The lowest BCUT2D eigenvalue weighted by molar-refractivity contribution is -0.122. The minimum Gasteiger partial charge on any atom is -0.350 e. The molecule has 1 rings (SSSR count). The van der Waals surface area contributed by atoms with Crippen molar-refractivity contribution in [1.82, 2.24) is 15.3 Å². The molecule has 1 atom stereocenters. The van der Waals surface area contributed by atoms with Crippen LogP contribution >= 0.6 is 15.9 Å². The van der Waals surface area contributed by atoms with Crippen molar-refractivity contribution < 1.29 is 4.79 Å². The standard InChI is InChI=1S/C11H17BrN4O/c1-7(9(17)16-11(2,3)4)15-10-13-5-8(12)6-14-10/h5-7H,1-4H3,(H,16,17)(H,13,14,15). The van der Waals surface area contributed by atoms with Gasteiger partial charge in [-0.25, -0.2) is 9.97 Å². The SMILES string of the molecule is CC(Nc1ncc(Br)cn1)C(=O)NC(C)(C)C. The van der Waals surface area contributed by atoms with E-state index in [9.17, 15) is 4.79 Å². The second kappa shape index (κ2) is 5.44. The lowest BCUT2D eigenvalue weighted by Gasteiger charge is -2.23. The van der Waals surface area contributed by atoms with E-state index in [0.717, 1.165) is 4.47 Å². The second-order valence-electron chi connectivity index (χ2n) is 4.83. The van der Waals surface area contributed by atoms with Gasteiger partial charge in [-0.05, 0) is 43.6 Å². The molecule has 1 aromatic rings.